The summed E-state index contributed by atoms with van der Waals surface area (Å²) in [6, 6.07) is 3.39. The molecule has 5 nitrogen and oxygen atoms in total. The molecule has 0 aliphatic carbocycles. The monoisotopic (exact) mass is 241 g/mol. The molecule has 0 spiro atoms. The molecule has 0 radical (unpaired) electrons. The Morgan fingerprint density at radius 1 is 1.06 bits per heavy atom. The molecule has 0 saturated heterocycles. The highest BCUT2D eigenvalue weighted by molar-refractivity contribution is 5.51. The Morgan fingerprint density at radius 3 is 2.06 bits per heavy atom. The second kappa shape index (κ2) is 6.32. The summed E-state index contributed by atoms with van der Waals surface area (Å²) in [5.74, 6) is 1.68. The second-order valence-electron chi connectivity index (χ2n) is 3.54. The molecule has 1 aromatic rings. The first-order valence-electron chi connectivity index (χ1n) is 5.36. The third-order valence-corrected chi connectivity index (χ3v) is 2.53. The molecule has 5 heteroatoms. The summed E-state index contributed by atoms with van der Waals surface area (Å²) < 4.78 is 15.6. The van der Waals surface area contributed by atoms with Crippen molar-refractivity contribution in [1.82, 2.24) is 0 Å². The van der Waals surface area contributed by atoms with Gasteiger partial charge < -0.3 is 25.1 Å². The van der Waals surface area contributed by atoms with Crippen LogP contribution in [0.2, 0.25) is 0 Å². The van der Waals surface area contributed by atoms with Crippen molar-refractivity contribution < 1.29 is 19.3 Å². The number of methoxy groups -OCH3 is 3. The molecule has 0 aliphatic rings. The molecule has 0 amide bonds. The van der Waals surface area contributed by atoms with E-state index in [4.69, 9.17) is 19.9 Å². The average Bonchev–Trinajstić information content (AvgIpc) is 2.37. The zero-order valence-corrected chi connectivity index (χ0v) is 10.4. The number of hydrogen-bond acceptors (Lipinski definition) is 5. The molecule has 1 aromatic carbocycles. The molecule has 1 rings (SSSR count). The van der Waals surface area contributed by atoms with Crippen molar-refractivity contribution in [3.8, 4) is 17.2 Å². The first-order valence-corrected chi connectivity index (χ1v) is 5.36. The molecule has 0 fully saturated rings. The van der Waals surface area contributed by atoms with E-state index in [0.29, 0.717) is 35.8 Å². The molecule has 0 unspecified atom stereocenters. The summed E-state index contributed by atoms with van der Waals surface area (Å²) in [6.07, 6.45) is -0.207. The van der Waals surface area contributed by atoms with E-state index in [1.54, 1.807) is 33.5 Å². The Labute approximate surface area is 101 Å². The average molecular weight is 241 g/mol. The summed E-state index contributed by atoms with van der Waals surface area (Å²) in [4.78, 5) is 0. The molecule has 3 N–H and O–H groups in total. The van der Waals surface area contributed by atoms with Gasteiger partial charge in [0.25, 0.3) is 0 Å². The normalized spacial score (nSPS) is 12.1. The molecule has 0 heterocycles. The van der Waals surface area contributed by atoms with Crippen LogP contribution in [0.15, 0.2) is 12.1 Å². The van der Waals surface area contributed by atoms with Crippen molar-refractivity contribution in [2.75, 3.05) is 27.9 Å². The number of hydrogen-bond donors (Lipinski definition) is 2. The molecule has 1 atom stereocenters. The Balaban J connectivity index is 3.18. The molecule has 0 aromatic heterocycles. The Hall–Kier alpha value is -1.46. The van der Waals surface area contributed by atoms with Gasteiger partial charge in [-0.05, 0) is 19.0 Å². The zero-order chi connectivity index (χ0) is 12.8. The van der Waals surface area contributed by atoms with Gasteiger partial charge in [-0.25, -0.2) is 0 Å². The number of benzene rings is 1. The lowest BCUT2D eigenvalue weighted by Crippen LogP contribution is -2.08. The van der Waals surface area contributed by atoms with Gasteiger partial charge in [-0.3, -0.25) is 0 Å². The van der Waals surface area contributed by atoms with Gasteiger partial charge in [0.2, 0.25) is 0 Å². The topological polar surface area (TPSA) is 73.9 Å². The highest BCUT2D eigenvalue weighted by Gasteiger charge is 2.17. The summed E-state index contributed by atoms with van der Waals surface area (Å²) >= 11 is 0. The van der Waals surface area contributed by atoms with Crippen molar-refractivity contribution in [2.24, 2.45) is 5.73 Å². The van der Waals surface area contributed by atoms with E-state index in [0.717, 1.165) is 0 Å². The highest BCUT2D eigenvalue weighted by atomic mass is 16.5. The lowest BCUT2D eigenvalue weighted by atomic mass is 10.0. The molecule has 96 valence electrons. The number of aliphatic hydroxyl groups excluding tert-OH is 1. The minimum atomic E-state index is -0.672. The zero-order valence-electron chi connectivity index (χ0n) is 10.4. The van der Waals surface area contributed by atoms with Gasteiger partial charge in [0.05, 0.1) is 27.4 Å². The van der Waals surface area contributed by atoms with Crippen LogP contribution in [-0.4, -0.2) is 33.0 Å². The van der Waals surface area contributed by atoms with Gasteiger partial charge in [0, 0.05) is 11.6 Å². The highest BCUT2D eigenvalue weighted by Crippen LogP contribution is 2.38. The maximum atomic E-state index is 9.96. The molecule has 17 heavy (non-hydrogen) atoms. The van der Waals surface area contributed by atoms with Crippen LogP contribution < -0.4 is 19.9 Å². The van der Waals surface area contributed by atoms with Gasteiger partial charge in [0.1, 0.15) is 5.75 Å². The van der Waals surface area contributed by atoms with Gasteiger partial charge in [-0.15, -0.1) is 0 Å². The van der Waals surface area contributed by atoms with Crippen molar-refractivity contribution in [3.05, 3.63) is 17.7 Å². The van der Waals surface area contributed by atoms with Crippen LogP contribution in [0.5, 0.6) is 17.2 Å². The third kappa shape index (κ3) is 3.01. The fourth-order valence-corrected chi connectivity index (χ4v) is 1.63. The van der Waals surface area contributed by atoms with E-state index in [1.807, 2.05) is 0 Å². The van der Waals surface area contributed by atoms with Gasteiger partial charge >= 0.3 is 0 Å². The van der Waals surface area contributed by atoms with E-state index in [2.05, 4.69) is 0 Å². The molecule has 0 aliphatic heterocycles. The second-order valence-corrected chi connectivity index (χ2v) is 3.54. The lowest BCUT2D eigenvalue weighted by Gasteiger charge is -2.17. The fourth-order valence-electron chi connectivity index (χ4n) is 1.63. The van der Waals surface area contributed by atoms with Crippen LogP contribution in [0, 0.1) is 0 Å². The maximum Gasteiger partial charge on any atom is 0.164 e. The van der Waals surface area contributed by atoms with Crippen molar-refractivity contribution in [1.29, 1.82) is 0 Å². The Morgan fingerprint density at radius 2 is 1.59 bits per heavy atom. The SMILES string of the molecule is COc1cc(OC)c([C@@H](O)CCN)cc1OC. The summed E-state index contributed by atoms with van der Waals surface area (Å²) in [7, 11) is 4.64. The third-order valence-electron chi connectivity index (χ3n) is 2.53. The van der Waals surface area contributed by atoms with E-state index < -0.39 is 6.10 Å². The van der Waals surface area contributed by atoms with Gasteiger partial charge in [-0.1, -0.05) is 0 Å². The number of nitrogens with two attached hydrogens (primary N) is 1. The fraction of sp³-hybridized carbons (Fsp3) is 0.500. The Kier molecular flexibility index (Phi) is 5.06. The number of rotatable bonds is 6. The van der Waals surface area contributed by atoms with Crippen LogP contribution >= 0.6 is 0 Å². The Bertz CT molecular complexity index is 368. The van der Waals surface area contributed by atoms with Crippen molar-refractivity contribution >= 4 is 0 Å². The molecular weight excluding hydrogens is 222 g/mol. The first kappa shape index (κ1) is 13.6. The van der Waals surface area contributed by atoms with E-state index >= 15 is 0 Å². The smallest absolute Gasteiger partial charge is 0.164 e. The standard InChI is InChI=1S/C12H19NO4/c1-15-10-7-12(17-3)11(16-2)6-8(10)9(14)4-5-13/h6-7,9,14H,4-5,13H2,1-3H3/t9-/m0/s1. The molecule has 0 bridgehead atoms. The van der Waals surface area contributed by atoms with Crippen LogP contribution in [0.25, 0.3) is 0 Å². The van der Waals surface area contributed by atoms with E-state index in [-0.39, 0.29) is 0 Å². The van der Waals surface area contributed by atoms with Crippen LogP contribution in [0.3, 0.4) is 0 Å². The van der Waals surface area contributed by atoms with Crippen LogP contribution in [-0.2, 0) is 0 Å². The first-order chi connectivity index (χ1) is 8.17. The van der Waals surface area contributed by atoms with E-state index in [9.17, 15) is 5.11 Å². The van der Waals surface area contributed by atoms with Crippen LogP contribution in [0.4, 0.5) is 0 Å². The van der Waals surface area contributed by atoms with Gasteiger partial charge in [-0.2, -0.15) is 0 Å². The maximum absolute atomic E-state index is 9.96. The number of aliphatic hydroxyl groups is 1. The van der Waals surface area contributed by atoms with E-state index in [1.165, 1.54) is 0 Å². The molecule has 0 saturated carbocycles. The quantitative estimate of drug-likeness (QED) is 0.780. The predicted molar refractivity (Wildman–Crippen MR) is 64.7 cm³/mol. The lowest BCUT2D eigenvalue weighted by molar-refractivity contribution is 0.165. The summed E-state index contributed by atoms with van der Waals surface area (Å²) in [6.45, 7) is 0.401. The minimum absolute atomic E-state index is 0.401. The minimum Gasteiger partial charge on any atom is -0.496 e. The van der Waals surface area contributed by atoms with Crippen molar-refractivity contribution in [2.45, 2.75) is 12.5 Å². The molecular formula is C12H19NO4. The summed E-state index contributed by atoms with van der Waals surface area (Å²) in [5, 5.41) is 9.96. The largest absolute Gasteiger partial charge is 0.496 e. The number of ether oxygens (including phenoxy) is 3. The van der Waals surface area contributed by atoms with Crippen molar-refractivity contribution in [3.63, 3.8) is 0 Å². The van der Waals surface area contributed by atoms with Gasteiger partial charge in [0.15, 0.2) is 11.5 Å². The summed E-state index contributed by atoms with van der Waals surface area (Å²) in [5.41, 5.74) is 6.08. The predicted octanol–water partition coefficient (Wildman–Crippen LogP) is 1.09. The van der Waals surface area contributed by atoms with Crippen LogP contribution in [0.1, 0.15) is 18.1 Å².